The van der Waals surface area contributed by atoms with E-state index in [9.17, 15) is 27.5 Å². The number of alkyl halides is 4. The number of methoxy groups -OCH3 is 1. The van der Waals surface area contributed by atoms with Crippen molar-refractivity contribution < 1.29 is 36.9 Å². The molecule has 9 heteroatoms. The lowest BCUT2D eigenvalue weighted by atomic mass is 10.2. The topological polar surface area (TPSA) is 68.7 Å². The van der Waals surface area contributed by atoms with Crippen LogP contribution in [0, 0.1) is 0 Å². The Kier molecular flexibility index (Phi) is 3.94. The standard InChI is InChI=1S/C9H7F4NO4/c1-17-8(16)6-5(15)2-4(3-10)7(14-6)18-9(11,12)13/h2,15H,3H2,1H3. The van der Waals surface area contributed by atoms with E-state index >= 15 is 0 Å². The molecule has 0 radical (unpaired) electrons. The Morgan fingerprint density at radius 1 is 1.50 bits per heavy atom. The van der Waals surface area contributed by atoms with Crippen molar-refractivity contribution >= 4 is 5.97 Å². The number of aromatic hydroxyl groups is 1. The fraction of sp³-hybridized carbons (Fsp3) is 0.333. The van der Waals surface area contributed by atoms with Crippen LogP contribution in [-0.4, -0.2) is 29.5 Å². The smallest absolute Gasteiger partial charge is 0.505 e. The molecule has 1 heterocycles. The van der Waals surface area contributed by atoms with Gasteiger partial charge in [-0.15, -0.1) is 13.2 Å². The molecule has 1 N–H and O–H groups in total. The van der Waals surface area contributed by atoms with Crippen molar-refractivity contribution in [3.05, 3.63) is 17.3 Å². The normalized spacial score (nSPS) is 11.2. The van der Waals surface area contributed by atoms with Crippen molar-refractivity contribution in [3.8, 4) is 11.6 Å². The van der Waals surface area contributed by atoms with Gasteiger partial charge in [0, 0.05) is 5.56 Å². The zero-order valence-corrected chi connectivity index (χ0v) is 8.92. The molecule has 100 valence electrons. The number of carbonyl (C=O) groups excluding carboxylic acids is 1. The molecule has 0 aliphatic carbocycles. The van der Waals surface area contributed by atoms with Crippen LogP contribution in [0.1, 0.15) is 16.1 Å². The summed E-state index contributed by atoms with van der Waals surface area (Å²) in [5.74, 6) is -3.13. The Bertz CT molecular complexity index is 461. The maximum Gasteiger partial charge on any atom is 0.574 e. The lowest BCUT2D eigenvalue weighted by Gasteiger charge is -2.12. The summed E-state index contributed by atoms with van der Waals surface area (Å²) < 4.78 is 56.1. The molecular formula is C9H7F4NO4. The number of ether oxygens (including phenoxy) is 2. The second kappa shape index (κ2) is 5.07. The van der Waals surface area contributed by atoms with E-state index in [-0.39, 0.29) is 0 Å². The van der Waals surface area contributed by atoms with Crippen molar-refractivity contribution in [1.29, 1.82) is 0 Å². The third-order valence-corrected chi connectivity index (χ3v) is 1.78. The number of hydrogen-bond acceptors (Lipinski definition) is 5. The summed E-state index contributed by atoms with van der Waals surface area (Å²) in [5, 5.41) is 9.28. The van der Waals surface area contributed by atoms with E-state index in [0.717, 1.165) is 7.11 Å². The number of esters is 1. The molecule has 0 fully saturated rings. The highest BCUT2D eigenvalue weighted by Gasteiger charge is 2.34. The molecule has 0 aliphatic rings. The van der Waals surface area contributed by atoms with E-state index in [1.165, 1.54) is 0 Å². The van der Waals surface area contributed by atoms with Crippen LogP contribution in [0.4, 0.5) is 17.6 Å². The van der Waals surface area contributed by atoms with E-state index in [1.54, 1.807) is 0 Å². The summed E-state index contributed by atoms with van der Waals surface area (Å²) in [5.41, 5.74) is -1.44. The lowest BCUT2D eigenvalue weighted by Crippen LogP contribution is -2.20. The Morgan fingerprint density at radius 3 is 2.56 bits per heavy atom. The van der Waals surface area contributed by atoms with Gasteiger partial charge in [0.1, 0.15) is 12.4 Å². The average molecular weight is 269 g/mol. The van der Waals surface area contributed by atoms with Gasteiger partial charge in [-0.25, -0.2) is 14.2 Å². The van der Waals surface area contributed by atoms with Crippen LogP contribution in [0.15, 0.2) is 6.07 Å². The molecule has 1 rings (SSSR count). The largest absolute Gasteiger partial charge is 0.574 e. The number of nitrogens with zero attached hydrogens (tertiary/aromatic N) is 1. The van der Waals surface area contributed by atoms with Crippen LogP contribution in [0.5, 0.6) is 11.6 Å². The van der Waals surface area contributed by atoms with E-state index in [1.807, 2.05) is 0 Å². The minimum atomic E-state index is -5.10. The first-order valence-electron chi connectivity index (χ1n) is 4.41. The molecule has 0 atom stereocenters. The van der Waals surface area contributed by atoms with Crippen molar-refractivity contribution in [2.45, 2.75) is 13.0 Å². The predicted octanol–water partition coefficient (Wildman–Crippen LogP) is 1.94. The Balaban J connectivity index is 3.26. The number of hydrogen-bond donors (Lipinski definition) is 1. The maximum atomic E-state index is 12.4. The summed E-state index contributed by atoms with van der Waals surface area (Å²) in [6.45, 7) is -1.35. The molecule has 1 aromatic rings. The third-order valence-electron chi connectivity index (χ3n) is 1.78. The van der Waals surface area contributed by atoms with Gasteiger partial charge in [0.25, 0.3) is 0 Å². The molecule has 18 heavy (non-hydrogen) atoms. The molecule has 0 spiro atoms. The van der Waals surface area contributed by atoms with Crippen LogP contribution < -0.4 is 4.74 Å². The molecule has 0 unspecified atom stereocenters. The molecule has 0 aromatic carbocycles. The Morgan fingerprint density at radius 2 is 2.11 bits per heavy atom. The summed E-state index contributed by atoms with van der Waals surface area (Å²) in [6, 6.07) is 0.611. The van der Waals surface area contributed by atoms with Gasteiger partial charge in [-0.05, 0) is 6.07 Å². The summed E-state index contributed by atoms with van der Waals surface area (Å²) in [4.78, 5) is 14.2. The van der Waals surface area contributed by atoms with Gasteiger partial charge in [-0.3, -0.25) is 0 Å². The van der Waals surface area contributed by atoms with E-state index in [4.69, 9.17) is 0 Å². The van der Waals surface area contributed by atoms with Gasteiger partial charge in [0.15, 0.2) is 5.69 Å². The highest BCUT2D eigenvalue weighted by atomic mass is 19.4. The Labute approximate surface area is 98.0 Å². The first-order chi connectivity index (χ1) is 8.28. The van der Waals surface area contributed by atoms with Crippen LogP contribution in [0.3, 0.4) is 0 Å². The Hall–Kier alpha value is -2.06. The molecule has 5 nitrogen and oxygen atoms in total. The van der Waals surface area contributed by atoms with E-state index in [0.29, 0.717) is 6.07 Å². The molecule has 0 saturated carbocycles. The number of halogens is 4. The van der Waals surface area contributed by atoms with Gasteiger partial charge >= 0.3 is 12.3 Å². The van der Waals surface area contributed by atoms with Crippen molar-refractivity contribution in [2.24, 2.45) is 0 Å². The molecule has 1 aromatic heterocycles. The van der Waals surface area contributed by atoms with Gasteiger partial charge in [0.05, 0.1) is 7.11 Å². The number of rotatable bonds is 3. The third kappa shape index (κ3) is 3.22. The zero-order valence-electron chi connectivity index (χ0n) is 8.92. The van der Waals surface area contributed by atoms with Crippen LogP contribution >= 0.6 is 0 Å². The predicted molar refractivity (Wildman–Crippen MR) is 48.7 cm³/mol. The molecule has 0 saturated heterocycles. The number of aromatic nitrogens is 1. The highest BCUT2D eigenvalue weighted by Crippen LogP contribution is 2.29. The lowest BCUT2D eigenvalue weighted by molar-refractivity contribution is -0.276. The molecule has 0 aliphatic heterocycles. The second-order valence-corrected chi connectivity index (χ2v) is 2.99. The SMILES string of the molecule is COC(=O)c1nc(OC(F)(F)F)c(CF)cc1O. The minimum absolute atomic E-state index is 0.611. The average Bonchev–Trinajstić information content (AvgIpc) is 2.28. The fourth-order valence-electron chi connectivity index (χ4n) is 1.07. The maximum absolute atomic E-state index is 12.4. The van der Waals surface area contributed by atoms with Crippen LogP contribution in [0.25, 0.3) is 0 Å². The van der Waals surface area contributed by atoms with E-state index < -0.39 is 41.9 Å². The highest BCUT2D eigenvalue weighted by molar-refractivity contribution is 5.90. The number of carbonyl (C=O) groups is 1. The first-order valence-corrected chi connectivity index (χ1v) is 4.41. The van der Waals surface area contributed by atoms with Crippen molar-refractivity contribution in [3.63, 3.8) is 0 Å². The van der Waals surface area contributed by atoms with Crippen molar-refractivity contribution in [2.75, 3.05) is 7.11 Å². The second-order valence-electron chi connectivity index (χ2n) is 2.99. The fourth-order valence-corrected chi connectivity index (χ4v) is 1.07. The summed E-state index contributed by atoms with van der Waals surface area (Å²) in [6.07, 6.45) is -5.10. The molecular weight excluding hydrogens is 262 g/mol. The van der Waals surface area contributed by atoms with E-state index in [2.05, 4.69) is 14.5 Å². The van der Waals surface area contributed by atoms with Gasteiger partial charge in [-0.1, -0.05) is 0 Å². The van der Waals surface area contributed by atoms with Gasteiger partial charge in [-0.2, -0.15) is 0 Å². The number of pyridine rings is 1. The van der Waals surface area contributed by atoms with Crippen LogP contribution in [-0.2, 0) is 11.4 Å². The summed E-state index contributed by atoms with van der Waals surface area (Å²) >= 11 is 0. The minimum Gasteiger partial charge on any atom is -0.505 e. The summed E-state index contributed by atoms with van der Waals surface area (Å²) in [7, 11) is 0.941. The van der Waals surface area contributed by atoms with Gasteiger partial charge < -0.3 is 14.6 Å². The van der Waals surface area contributed by atoms with Gasteiger partial charge in [0.2, 0.25) is 5.88 Å². The van der Waals surface area contributed by atoms with Crippen LogP contribution in [0.2, 0.25) is 0 Å². The molecule has 0 bridgehead atoms. The van der Waals surface area contributed by atoms with Crippen molar-refractivity contribution in [1.82, 2.24) is 4.98 Å². The zero-order chi connectivity index (χ0) is 13.9. The molecule has 0 amide bonds. The quantitative estimate of drug-likeness (QED) is 0.670. The first kappa shape index (κ1) is 14.0. The monoisotopic (exact) mass is 269 g/mol.